The Balaban J connectivity index is 0.000000970. The van der Waals surface area contributed by atoms with Gasteiger partial charge in [0.1, 0.15) is 102 Å². The largest absolute Gasteiger partial charge is 0.394 e. The third-order valence-electron chi connectivity index (χ3n) is 24.6. The van der Waals surface area contributed by atoms with E-state index in [2.05, 4.69) is 65.1 Å². The summed E-state index contributed by atoms with van der Waals surface area (Å²) in [6.07, 6.45) is 5.26. The van der Waals surface area contributed by atoms with Gasteiger partial charge in [-0.25, -0.2) is 4.79 Å². The molecule has 49 nitrogen and oxygen atoms in total. The second kappa shape index (κ2) is 76.4. The van der Waals surface area contributed by atoms with Crippen LogP contribution in [0.25, 0.3) is 6.08 Å². The fourth-order valence-corrected chi connectivity index (χ4v) is 17.1. The number of methoxy groups -OCH3 is 1. The Hall–Kier alpha value is -8.19. The van der Waals surface area contributed by atoms with Crippen LogP contribution in [0.5, 0.6) is 0 Å². The number of carbonyl (C=O) groups is 12. The Morgan fingerprint density at radius 3 is 1.20 bits per heavy atom. The molecule has 50 heteroatoms. The molecule has 5 rings (SSSR count). The van der Waals surface area contributed by atoms with Crippen LogP contribution in [-0.4, -0.2) is 382 Å². The minimum absolute atomic E-state index is 0.00962. The number of hydrogen-bond donors (Lipinski definition) is 20. The molecule has 850 valence electrons. The van der Waals surface area contributed by atoms with Gasteiger partial charge in [0.05, 0.1) is 77.7 Å². The van der Waals surface area contributed by atoms with E-state index in [0.29, 0.717) is 95.8 Å². The lowest BCUT2D eigenvalue weighted by Gasteiger charge is -2.42. The zero-order chi connectivity index (χ0) is 109. The average molecular weight is 2140 g/mol. The molecule has 0 spiro atoms. The molecule has 148 heavy (non-hydrogen) atoms. The Labute approximate surface area is 866 Å². The second-order valence-electron chi connectivity index (χ2n) is 37.4. The number of unbranched alkanes of at least 4 members (excludes halogenated alkanes) is 14. The monoisotopic (exact) mass is 2140 g/mol. The van der Waals surface area contributed by atoms with E-state index in [0.717, 1.165) is 77.0 Å². The van der Waals surface area contributed by atoms with Gasteiger partial charge in [0.15, 0.2) is 18.9 Å². The van der Waals surface area contributed by atoms with Gasteiger partial charge >= 0.3 is 13.3 Å². The van der Waals surface area contributed by atoms with Crippen molar-refractivity contribution in [1.29, 1.82) is 0 Å². The van der Waals surface area contributed by atoms with E-state index in [-0.39, 0.29) is 209 Å². The zero-order valence-electron chi connectivity index (χ0n) is 87.5. The van der Waals surface area contributed by atoms with Gasteiger partial charge < -0.3 is 160 Å². The average Bonchev–Trinajstić information content (AvgIpc) is 1.51. The quantitative estimate of drug-likeness (QED) is 0.0229. The molecular weight excluding hydrogens is 1970 g/mol. The molecule has 0 bridgehead atoms. The van der Waals surface area contributed by atoms with E-state index in [9.17, 15) is 118 Å². The number of carbonyl (C=O) groups excluding carboxylic acids is 12. The highest BCUT2D eigenvalue weighted by Crippen LogP contribution is 2.48. The van der Waals surface area contributed by atoms with Crippen LogP contribution in [0, 0.1) is 0 Å². The lowest BCUT2D eigenvalue weighted by Crippen LogP contribution is -2.64. The van der Waals surface area contributed by atoms with Crippen molar-refractivity contribution in [3.63, 3.8) is 0 Å². The molecular formula is C98H171N12O37P. The maximum absolute atomic E-state index is 13.8. The molecule has 4 saturated heterocycles. The number of ether oxygens (including phenoxy) is 11. The molecule has 4 aliphatic rings. The van der Waals surface area contributed by atoms with Gasteiger partial charge in [0.2, 0.25) is 59.1 Å². The summed E-state index contributed by atoms with van der Waals surface area (Å²) >= 11 is 0. The van der Waals surface area contributed by atoms with E-state index in [1.165, 1.54) is 64.6 Å². The number of aliphatic hydroxyl groups is 9. The minimum Gasteiger partial charge on any atom is -0.394 e. The third-order valence-corrected chi connectivity index (χ3v) is 25.9. The SMILES string of the molecule is CCCC(=O)CCCCCCCNC(=O)/C=C/c1cn([C@H]2CC(OP(C)(=O)OC)[C@@H](COC)O2)c(=O)[nH]c1=O.CCCCCCCCCC(=O)NC(COCCC(=O)NCCCCC(=O)CCCCO[C@@H]1OC(CO)[C@H](O)[C@H](O)C1NC(C)=O)(COCCC(=O)NCCCNC(=O)CCCCO[C@@H]1OC(CO)[C@H](O)[C@H](O)C1NC(C)=O)COCCC(=O)NCCCNC(=O)CCCCO[C@@H]1OC(CO)[C@H](O)[C@H](O)C1NC(C)=O. The fourth-order valence-electron chi connectivity index (χ4n) is 16.3. The first kappa shape index (κ1) is 132. The molecule has 0 aromatic carbocycles. The fraction of sp³-hybridized carbons (Fsp3) is 0.816. The van der Waals surface area contributed by atoms with Crippen LogP contribution < -0.4 is 64.4 Å². The molecule has 4 fully saturated rings. The lowest BCUT2D eigenvalue weighted by molar-refractivity contribution is -0.270. The van der Waals surface area contributed by atoms with Gasteiger partial charge in [-0.05, 0) is 96.0 Å². The highest BCUT2D eigenvalue weighted by Gasteiger charge is 2.49. The van der Waals surface area contributed by atoms with Crippen molar-refractivity contribution < 1.29 is 169 Å². The van der Waals surface area contributed by atoms with Crippen LogP contribution >= 0.6 is 7.60 Å². The number of aliphatic hydroxyl groups excluding tert-OH is 9. The summed E-state index contributed by atoms with van der Waals surface area (Å²) in [5.74, 6) is -3.30. The minimum atomic E-state index is -3.33. The normalized spacial score (nSPS) is 23.5. The number of nitrogens with zero attached hydrogens (tertiary/aromatic N) is 1. The van der Waals surface area contributed by atoms with Crippen molar-refractivity contribution in [2.24, 2.45) is 0 Å². The molecule has 0 radical (unpaired) electrons. The number of hydrogen-bond acceptors (Lipinski definition) is 37. The third kappa shape index (κ3) is 54.4. The van der Waals surface area contributed by atoms with Crippen molar-refractivity contribution in [2.75, 3.05) is 146 Å². The highest BCUT2D eigenvalue weighted by molar-refractivity contribution is 7.52. The molecule has 1 aromatic rings. The van der Waals surface area contributed by atoms with Crippen molar-refractivity contribution >= 4 is 84.3 Å². The number of H-pyrrole nitrogens is 1. The summed E-state index contributed by atoms with van der Waals surface area (Å²) < 4.78 is 87.2. The van der Waals surface area contributed by atoms with Crippen molar-refractivity contribution in [2.45, 2.75) is 369 Å². The smallest absolute Gasteiger partial charge is 0.330 e. The van der Waals surface area contributed by atoms with Crippen LogP contribution in [0.2, 0.25) is 0 Å². The number of rotatable bonds is 79. The Bertz CT molecular complexity index is 3990. The number of Topliss-reactive ketones (excluding diaryl/α,β-unsaturated/α-hetero) is 2. The first-order chi connectivity index (χ1) is 70.9. The van der Waals surface area contributed by atoms with Crippen LogP contribution in [0.15, 0.2) is 21.9 Å². The summed E-state index contributed by atoms with van der Waals surface area (Å²) in [5, 5.41) is 118. The molecule has 5 heterocycles. The summed E-state index contributed by atoms with van der Waals surface area (Å²) in [7, 11) is -0.567. The molecule has 8 unspecified atom stereocenters. The van der Waals surface area contributed by atoms with Gasteiger partial charge in [-0.3, -0.25) is 76.4 Å². The number of ketones is 2. The second-order valence-corrected chi connectivity index (χ2v) is 39.6. The van der Waals surface area contributed by atoms with Gasteiger partial charge in [-0.15, -0.1) is 0 Å². The van der Waals surface area contributed by atoms with Gasteiger partial charge in [-0.1, -0.05) is 71.6 Å². The van der Waals surface area contributed by atoms with Gasteiger partial charge in [-0.2, -0.15) is 0 Å². The van der Waals surface area contributed by atoms with E-state index in [1.807, 2.05) is 6.92 Å². The van der Waals surface area contributed by atoms with Crippen LogP contribution in [0.4, 0.5) is 0 Å². The molecule has 19 atom stereocenters. The van der Waals surface area contributed by atoms with Crippen molar-refractivity contribution in [1.82, 2.24) is 62.7 Å². The molecule has 20 N–H and O–H groups in total. The topological polar surface area (TPSA) is 699 Å². The maximum atomic E-state index is 13.8. The maximum Gasteiger partial charge on any atom is 0.330 e. The van der Waals surface area contributed by atoms with Crippen molar-refractivity contribution in [3.05, 3.63) is 38.7 Å². The number of aromatic nitrogens is 2. The van der Waals surface area contributed by atoms with E-state index in [4.69, 9.17) is 61.2 Å². The van der Waals surface area contributed by atoms with Crippen LogP contribution in [0.1, 0.15) is 265 Å². The standard InChI is InChI=1S/C72H129N9O28.C26H42N3O9P/c1-5-6-7-8-9-10-11-26-59(94)81-72(44-101-38-27-56(91)73-30-16-12-22-50(88)23-13-17-35-104-69-60(78-47(2)85)66(98)63(95)51(41-82)107-69,45-102-39-28-57(92)76-33-20-31-74-54(89)24-14-18-36-105-70-61(79-48(3)86)67(99)64(96)52(42-83)108-70)46-103-40-29-58(93)77-34-21-32-75-55(90)25-15-19-37-106-71-62(80-49(4)87)68(100)65(97)53(43-84)109-71;1-5-11-20(30)12-9-7-6-8-10-15-27-23(31)14-13-19-17-29(26(33)28-25(19)32)24-16-21(22(37-24)18-35-2)38-39(4,34)36-3/h51-53,60-71,82-84,95-100H,5-46H2,1-4H3,(H,73,91)(H,74,89)(H,75,90)(H,76,92)(H,77,93)(H,78,85)(H,79,86)(H,80,87)(H,81,94);13-14,17,21-22,24H,5-12,15-16,18H2,1-4H3,(H,27,31)(H,28,32,33)/b;14-13+/t51?,52?,53?,60?,61?,62?,63-,64-,65-,66+,67+,68+,69+,70+,71+,72?;21?,22-,24-,39?/m01/s1. The number of aromatic amines is 1. The summed E-state index contributed by atoms with van der Waals surface area (Å²) in [6, 6.07) is -3.25. The Morgan fingerprint density at radius 1 is 0.432 bits per heavy atom. The Morgan fingerprint density at radius 2 is 0.791 bits per heavy atom. The van der Waals surface area contributed by atoms with E-state index >= 15 is 0 Å². The first-order valence-corrected chi connectivity index (χ1v) is 54.1. The lowest BCUT2D eigenvalue weighted by atomic mass is 9.97. The molecule has 4 aliphatic heterocycles. The van der Waals surface area contributed by atoms with Gasteiger partial charge in [0, 0.05) is 184 Å². The summed E-state index contributed by atoms with van der Waals surface area (Å²) in [6.45, 7) is 8.73. The Kier molecular flexibility index (Phi) is 68.1. The predicted octanol–water partition coefficient (Wildman–Crippen LogP) is -0.141. The zero-order valence-corrected chi connectivity index (χ0v) is 88.3. The van der Waals surface area contributed by atoms with Gasteiger partial charge in [0.25, 0.3) is 5.56 Å². The van der Waals surface area contributed by atoms with E-state index < -0.39 is 172 Å². The summed E-state index contributed by atoms with van der Waals surface area (Å²) in [5.41, 5.74) is -2.61. The molecule has 0 aliphatic carbocycles. The summed E-state index contributed by atoms with van der Waals surface area (Å²) in [4.78, 5) is 177. The number of nitrogens with one attached hydrogen (secondary N) is 11. The first-order valence-electron chi connectivity index (χ1n) is 52.1. The highest BCUT2D eigenvalue weighted by atomic mass is 31.2. The van der Waals surface area contributed by atoms with Crippen LogP contribution in [0.3, 0.4) is 0 Å². The molecule has 0 saturated carbocycles. The van der Waals surface area contributed by atoms with Crippen LogP contribution in [-0.2, 0) is 123 Å². The number of amides is 10. The van der Waals surface area contributed by atoms with Crippen molar-refractivity contribution in [3.8, 4) is 0 Å². The predicted molar refractivity (Wildman–Crippen MR) is 535 cm³/mol. The van der Waals surface area contributed by atoms with E-state index in [1.54, 1.807) is 0 Å². The molecule has 1 aromatic heterocycles. The molecule has 10 amide bonds.